The lowest BCUT2D eigenvalue weighted by Gasteiger charge is -2.37. The smallest absolute Gasteiger partial charge is 0.234 e. The largest absolute Gasteiger partial charge is 0.391 e. The second-order valence-corrected chi connectivity index (χ2v) is 11.9. The van der Waals surface area contributed by atoms with E-state index in [0.29, 0.717) is 31.6 Å². The van der Waals surface area contributed by atoms with E-state index in [9.17, 15) is 21.6 Å². The summed E-state index contributed by atoms with van der Waals surface area (Å²) >= 11 is 0. The summed E-state index contributed by atoms with van der Waals surface area (Å²) in [5.41, 5.74) is 3.15. The fourth-order valence-electron chi connectivity index (χ4n) is 5.19. The fraction of sp³-hybridized carbons (Fsp3) is 0.727. The van der Waals surface area contributed by atoms with Gasteiger partial charge in [0.15, 0.2) is 5.65 Å². The van der Waals surface area contributed by atoms with Crippen LogP contribution in [0.5, 0.6) is 0 Å². The standard InChI is InChI=1S/C22H32F3N5O2S/c1-14-9-10-29(33(31,32)28(3)4)13-18(14)20-11-15(2)26-21-12-19(27-30(20)21)16-5-7-17(8-6-16)22(23,24)25/h11-12,14,16-18H,5-10,13H2,1-4H3/t14-,16-,17-,18-/m0/s1. The van der Waals surface area contributed by atoms with Crippen molar-refractivity contribution >= 4 is 15.9 Å². The van der Waals surface area contributed by atoms with E-state index in [-0.39, 0.29) is 30.6 Å². The number of alkyl halides is 3. The van der Waals surface area contributed by atoms with Crippen molar-refractivity contribution in [3.8, 4) is 0 Å². The molecule has 1 aliphatic heterocycles. The van der Waals surface area contributed by atoms with Crippen LogP contribution in [0.25, 0.3) is 5.65 Å². The van der Waals surface area contributed by atoms with Crippen molar-refractivity contribution in [2.45, 2.75) is 64.0 Å². The summed E-state index contributed by atoms with van der Waals surface area (Å²) in [6, 6.07) is 3.84. The zero-order chi connectivity index (χ0) is 24.1. The van der Waals surface area contributed by atoms with E-state index in [4.69, 9.17) is 5.10 Å². The number of hydrogen-bond acceptors (Lipinski definition) is 4. The summed E-state index contributed by atoms with van der Waals surface area (Å²) in [4.78, 5) is 4.60. The maximum absolute atomic E-state index is 13.1. The molecule has 1 aliphatic carbocycles. The number of rotatable bonds is 4. The summed E-state index contributed by atoms with van der Waals surface area (Å²) in [5.74, 6) is -1.06. The third-order valence-electron chi connectivity index (χ3n) is 7.30. The first kappa shape index (κ1) is 24.4. The maximum Gasteiger partial charge on any atom is 0.391 e. The first-order valence-electron chi connectivity index (χ1n) is 11.5. The molecule has 184 valence electrons. The molecule has 1 saturated carbocycles. The van der Waals surface area contributed by atoms with E-state index in [1.54, 1.807) is 4.52 Å². The number of aryl methyl sites for hydroxylation is 1. The van der Waals surface area contributed by atoms with Crippen molar-refractivity contribution < 1.29 is 21.6 Å². The van der Waals surface area contributed by atoms with E-state index >= 15 is 0 Å². The molecule has 0 radical (unpaired) electrons. The number of piperidine rings is 1. The molecule has 0 N–H and O–H groups in total. The Hall–Kier alpha value is -1.72. The lowest BCUT2D eigenvalue weighted by molar-refractivity contribution is -0.182. The summed E-state index contributed by atoms with van der Waals surface area (Å²) in [7, 11) is -0.463. The number of halogens is 3. The molecule has 0 unspecified atom stereocenters. The van der Waals surface area contributed by atoms with Gasteiger partial charge in [0.05, 0.1) is 17.3 Å². The molecule has 0 bridgehead atoms. The molecular weight excluding hydrogens is 455 g/mol. The molecule has 0 spiro atoms. The maximum atomic E-state index is 13.1. The zero-order valence-corrected chi connectivity index (χ0v) is 20.3. The molecule has 4 rings (SSSR count). The Morgan fingerprint density at radius 1 is 1.09 bits per heavy atom. The van der Waals surface area contributed by atoms with E-state index in [2.05, 4.69) is 11.9 Å². The monoisotopic (exact) mass is 487 g/mol. The Balaban J connectivity index is 1.64. The predicted octanol–water partition coefficient (Wildman–Crippen LogP) is 4.11. The third kappa shape index (κ3) is 4.77. The Morgan fingerprint density at radius 3 is 2.36 bits per heavy atom. The Kier molecular flexibility index (Phi) is 6.52. The highest BCUT2D eigenvalue weighted by atomic mass is 32.2. The van der Waals surface area contributed by atoms with Crippen LogP contribution in [0.15, 0.2) is 12.1 Å². The molecule has 2 fully saturated rings. The van der Waals surface area contributed by atoms with Gasteiger partial charge in [0.25, 0.3) is 10.2 Å². The minimum atomic E-state index is -4.13. The highest BCUT2D eigenvalue weighted by molar-refractivity contribution is 7.86. The van der Waals surface area contributed by atoms with Crippen LogP contribution >= 0.6 is 0 Å². The summed E-state index contributed by atoms with van der Waals surface area (Å²) in [5, 5.41) is 4.79. The molecule has 2 aromatic rings. The number of nitrogens with zero attached hydrogens (tertiary/aromatic N) is 5. The van der Waals surface area contributed by atoms with Gasteiger partial charge in [0, 0.05) is 50.8 Å². The van der Waals surface area contributed by atoms with Gasteiger partial charge in [-0.2, -0.15) is 35.3 Å². The predicted molar refractivity (Wildman–Crippen MR) is 119 cm³/mol. The quantitative estimate of drug-likeness (QED) is 0.651. The number of hydrogen-bond donors (Lipinski definition) is 0. The third-order valence-corrected chi connectivity index (χ3v) is 9.21. The highest BCUT2D eigenvalue weighted by Gasteiger charge is 2.42. The molecule has 2 atom stereocenters. The minimum absolute atomic E-state index is 0.0205. The van der Waals surface area contributed by atoms with Crippen LogP contribution in [0, 0.1) is 18.8 Å². The van der Waals surface area contributed by atoms with Gasteiger partial charge in [-0.3, -0.25) is 0 Å². The van der Waals surface area contributed by atoms with Crippen LogP contribution in [0.4, 0.5) is 13.2 Å². The van der Waals surface area contributed by atoms with Crippen molar-refractivity contribution in [1.82, 2.24) is 23.2 Å². The van der Waals surface area contributed by atoms with Crippen molar-refractivity contribution in [2.24, 2.45) is 11.8 Å². The van der Waals surface area contributed by atoms with Crippen LogP contribution in [-0.4, -0.2) is 65.0 Å². The molecule has 0 aromatic carbocycles. The van der Waals surface area contributed by atoms with Crippen LogP contribution in [0.1, 0.15) is 67.9 Å². The zero-order valence-electron chi connectivity index (χ0n) is 19.5. The second kappa shape index (κ2) is 8.81. The Morgan fingerprint density at radius 2 is 1.76 bits per heavy atom. The molecule has 7 nitrogen and oxygen atoms in total. The molecule has 3 heterocycles. The van der Waals surface area contributed by atoms with Crippen molar-refractivity contribution in [3.05, 3.63) is 29.2 Å². The van der Waals surface area contributed by atoms with Gasteiger partial charge in [-0.15, -0.1) is 0 Å². The number of fused-ring (bicyclic) bond motifs is 1. The summed E-state index contributed by atoms with van der Waals surface area (Å²) in [6.07, 6.45) is -2.24. The second-order valence-electron chi connectivity index (χ2n) is 9.77. The van der Waals surface area contributed by atoms with Gasteiger partial charge in [0.1, 0.15) is 0 Å². The molecule has 33 heavy (non-hydrogen) atoms. The van der Waals surface area contributed by atoms with Gasteiger partial charge < -0.3 is 0 Å². The van der Waals surface area contributed by atoms with Gasteiger partial charge in [0.2, 0.25) is 0 Å². The molecule has 2 aliphatic rings. The van der Waals surface area contributed by atoms with Crippen molar-refractivity contribution in [1.29, 1.82) is 0 Å². The lowest BCUT2D eigenvalue weighted by Crippen LogP contribution is -2.47. The van der Waals surface area contributed by atoms with Crippen molar-refractivity contribution in [3.63, 3.8) is 0 Å². The van der Waals surface area contributed by atoms with Crippen LogP contribution in [0.2, 0.25) is 0 Å². The fourth-order valence-corrected chi connectivity index (χ4v) is 6.34. The van der Waals surface area contributed by atoms with Gasteiger partial charge in [-0.05, 0) is 51.0 Å². The highest BCUT2D eigenvalue weighted by Crippen LogP contribution is 2.43. The van der Waals surface area contributed by atoms with E-state index in [0.717, 1.165) is 23.5 Å². The van der Waals surface area contributed by atoms with Gasteiger partial charge >= 0.3 is 6.18 Å². The minimum Gasteiger partial charge on any atom is -0.234 e. The summed E-state index contributed by atoms with van der Waals surface area (Å²) < 4.78 is 69.2. The van der Waals surface area contributed by atoms with Crippen LogP contribution in [0.3, 0.4) is 0 Å². The van der Waals surface area contributed by atoms with Crippen molar-refractivity contribution in [2.75, 3.05) is 27.2 Å². The molecule has 0 amide bonds. The molecule has 2 aromatic heterocycles. The first-order chi connectivity index (χ1) is 15.4. The average molecular weight is 488 g/mol. The SMILES string of the molecule is Cc1cc([C@H]2CN(S(=O)(=O)N(C)C)CC[C@@H]2C)n2nc([C@H]3CC[C@H](C(F)(F)F)CC3)cc2n1. The van der Waals surface area contributed by atoms with E-state index < -0.39 is 22.3 Å². The topological polar surface area (TPSA) is 70.8 Å². The average Bonchev–Trinajstić information content (AvgIpc) is 3.16. The molecular formula is C22H32F3N5O2S. The van der Waals surface area contributed by atoms with Gasteiger partial charge in [-0.1, -0.05) is 6.92 Å². The van der Waals surface area contributed by atoms with Crippen LogP contribution in [-0.2, 0) is 10.2 Å². The molecule has 11 heteroatoms. The van der Waals surface area contributed by atoms with E-state index in [1.165, 1.54) is 22.7 Å². The lowest BCUT2D eigenvalue weighted by atomic mass is 9.80. The molecule has 1 saturated heterocycles. The summed E-state index contributed by atoms with van der Waals surface area (Å²) in [6.45, 7) is 4.84. The normalized spacial score (nSPS) is 28.0. The number of aromatic nitrogens is 3. The van der Waals surface area contributed by atoms with E-state index in [1.807, 2.05) is 19.1 Å². The van der Waals surface area contributed by atoms with Gasteiger partial charge in [-0.25, -0.2) is 9.50 Å². The Labute approximate surface area is 193 Å². The Bertz CT molecular complexity index is 1110. The van der Waals surface area contributed by atoms with Crippen LogP contribution < -0.4 is 0 Å². The first-order valence-corrected chi connectivity index (χ1v) is 12.9.